The van der Waals surface area contributed by atoms with Crippen LogP contribution in [0.2, 0.25) is 0 Å². The smallest absolute Gasteiger partial charge is 0.130 e. The van der Waals surface area contributed by atoms with E-state index in [9.17, 15) is 8.78 Å². The zero-order chi connectivity index (χ0) is 15.3. The van der Waals surface area contributed by atoms with Crippen LogP contribution >= 0.6 is 0 Å². The van der Waals surface area contributed by atoms with E-state index in [1.807, 2.05) is 20.8 Å². The van der Waals surface area contributed by atoms with Gasteiger partial charge in [0.05, 0.1) is 6.61 Å². The van der Waals surface area contributed by atoms with E-state index in [1.165, 1.54) is 12.1 Å². The summed E-state index contributed by atoms with van der Waals surface area (Å²) in [6.07, 6.45) is 0.878. The summed E-state index contributed by atoms with van der Waals surface area (Å²) in [5, 5.41) is 3.43. The first-order valence-electron chi connectivity index (χ1n) is 6.99. The third kappa shape index (κ3) is 4.53. The summed E-state index contributed by atoms with van der Waals surface area (Å²) in [5.74, 6) is -1.06. The molecule has 0 bridgehead atoms. The molecule has 1 rings (SSSR count). The number of benzene rings is 1. The van der Waals surface area contributed by atoms with Crippen molar-refractivity contribution < 1.29 is 13.5 Å². The van der Waals surface area contributed by atoms with E-state index in [2.05, 4.69) is 12.2 Å². The Labute approximate surface area is 120 Å². The number of halogens is 2. The Balaban J connectivity index is 3.06. The van der Waals surface area contributed by atoms with Gasteiger partial charge in [0, 0.05) is 30.8 Å². The number of methoxy groups -OCH3 is 1. The highest BCUT2D eigenvalue weighted by atomic mass is 19.1. The lowest BCUT2D eigenvalue weighted by molar-refractivity contribution is 0.140. The number of hydrogen-bond acceptors (Lipinski definition) is 2. The molecule has 2 atom stereocenters. The predicted molar refractivity (Wildman–Crippen MR) is 77.6 cm³/mol. The van der Waals surface area contributed by atoms with Crippen molar-refractivity contribution in [1.29, 1.82) is 0 Å². The van der Waals surface area contributed by atoms with Crippen LogP contribution in [0.5, 0.6) is 0 Å². The van der Waals surface area contributed by atoms with Crippen molar-refractivity contribution in [1.82, 2.24) is 5.32 Å². The quantitative estimate of drug-likeness (QED) is 0.851. The minimum Gasteiger partial charge on any atom is -0.383 e. The Bertz CT molecular complexity index is 429. The van der Waals surface area contributed by atoms with Gasteiger partial charge in [0.1, 0.15) is 11.6 Å². The van der Waals surface area contributed by atoms with Gasteiger partial charge in [-0.2, -0.15) is 0 Å². The van der Waals surface area contributed by atoms with Crippen LogP contribution in [-0.2, 0) is 4.74 Å². The fraction of sp³-hybridized carbons (Fsp3) is 0.625. The molecule has 0 aromatic heterocycles. The van der Waals surface area contributed by atoms with E-state index in [4.69, 9.17) is 4.74 Å². The molecule has 2 nitrogen and oxygen atoms in total. The van der Waals surface area contributed by atoms with Crippen molar-refractivity contribution in [3.63, 3.8) is 0 Å². The van der Waals surface area contributed by atoms with E-state index >= 15 is 0 Å². The van der Waals surface area contributed by atoms with Crippen molar-refractivity contribution in [3.05, 3.63) is 35.4 Å². The minimum absolute atomic E-state index is 0.133. The predicted octanol–water partition coefficient (Wildman–Crippen LogP) is 4.07. The lowest BCUT2D eigenvalue weighted by Gasteiger charge is -2.35. The molecule has 0 fully saturated rings. The minimum atomic E-state index is -0.553. The van der Waals surface area contributed by atoms with Gasteiger partial charge in [0.15, 0.2) is 0 Å². The number of hydrogen-bond donors (Lipinski definition) is 1. The van der Waals surface area contributed by atoms with Crippen molar-refractivity contribution in [3.8, 4) is 0 Å². The van der Waals surface area contributed by atoms with Gasteiger partial charge < -0.3 is 10.1 Å². The maximum absolute atomic E-state index is 14.1. The summed E-state index contributed by atoms with van der Waals surface area (Å²) in [5.41, 5.74) is 0.299. The molecule has 0 heterocycles. The second kappa shape index (κ2) is 7.14. The highest BCUT2D eigenvalue weighted by Gasteiger charge is 2.30. The average molecular weight is 285 g/mol. The second-order valence-electron chi connectivity index (χ2n) is 6.19. The van der Waals surface area contributed by atoms with Gasteiger partial charge in [-0.3, -0.25) is 0 Å². The molecular formula is C16H25F2NO. The summed E-state index contributed by atoms with van der Waals surface area (Å²) >= 11 is 0. The van der Waals surface area contributed by atoms with Crippen molar-refractivity contribution in [2.24, 2.45) is 5.41 Å². The zero-order valence-corrected chi connectivity index (χ0v) is 13.0. The van der Waals surface area contributed by atoms with Crippen LogP contribution in [0.1, 0.15) is 45.7 Å². The Morgan fingerprint density at radius 1 is 1.25 bits per heavy atom. The van der Waals surface area contributed by atoms with Gasteiger partial charge in [-0.15, -0.1) is 0 Å². The first kappa shape index (κ1) is 17.1. The van der Waals surface area contributed by atoms with Gasteiger partial charge in [-0.05, 0) is 17.9 Å². The summed E-state index contributed by atoms with van der Waals surface area (Å²) in [4.78, 5) is 0. The van der Waals surface area contributed by atoms with Crippen LogP contribution in [0.25, 0.3) is 0 Å². The molecule has 4 heteroatoms. The lowest BCUT2D eigenvalue weighted by Crippen LogP contribution is -2.41. The molecule has 0 saturated carbocycles. The van der Waals surface area contributed by atoms with Crippen LogP contribution in [0.15, 0.2) is 18.2 Å². The van der Waals surface area contributed by atoms with Crippen LogP contribution in [-0.4, -0.2) is 19.8 Å². The second-order valence-corrected chi connectivity index (χ2v) is 6.19. The maximum atomic E-state index is 14.1. The molecule has 0 unspecified atom stereocenters. The van der Waals surface area contributed by atoms with Crippen LogP contribution in [0, 0.1) is 17.0 Å². The van der Waals surface area contributed by atoms with Gasteiger partial charge >= 0.3 is 0 Å². The van der Waals surface area contributed by atoms with Crippen molar-refractivity contribution >= 4 is 0 Å². The largest absolute Gasteiger partial charge is 0.383 e. The fourth-order valence-electron chi connectivity index (χ4n) is 2.26. The average Bonchev–Trinajstić information content (AvgIpc) is 2.34. The molecule has 0 spiro atoms. The summed E-state index contributed by atoms with van der Waals surface area (Å²) in [6.45, 7) is 8.72. The zero-order valence-electron chi connectivity index (χ0n) is 13.0. The highest BCUT2D eigenvalue weighted by Crippen LogP contribution is 2.34. The SMILES string of the molecule is CC[C@H](COC)N[C@H](c1ccc(F)cc1F)C(C)(C)C. The number of nitrogens with one attached hydrogen (secondary N) is 1. The third-order valence-electron chi connectivity index (χ3n) is 3.40. The lowest BCUT2D eigenvalue weighted by atomic mass is 9.81. The van der Waals surface area contributed by atoms with Crippen LogP contribution in [0.3, 0.4) is 0 Å². The van der Waals surface area contributed by atoms with Gasteiger partial charge in [-0.1, -0.05) is 33.8 Å². The van der Waals surface area contributed by atoms with Gasteiger partial charge in [-0.25, -0.2) is 8.78 Å². The maximum Gasteiger partial charge on any atom is 0.130 e. The number of rotatable bonds is 6. The third-order valence-corrected chi connectivity index (χ3v) is 3.40. The topological polar surface area (TPSA) is 21.3 Å². The van der Waals surface area contributed by atoms with E-state index in [-0.39, 0.29) is 17.5 Å². The molecule has 114 valence electrons. The van der Waals surface area contributed by atoms with Crippen LogP contribution in [0.4, 0.5) is 8.78 Å². The molecule has 0 aliphatic rings. The van der Waals surface area contributed by atoms with Crippen molar-refractivity contribution in [2.45, 2.75) is 46.2 Å². The number of ether oxygens (including phenoxy) is 1. The van der Waals surface area contributed by atoms with Crippen LogP contribution < -0.4 is 5.32 Å². The Morgan fingerprint density at radius 3 is 2.35 bits per heavy atom. The van der Waals surface area contributed by atoms with E-state index in [0.29, 0.717) is 12.2 Å². The first-order chi connectivity index (χ1) is 9.29. The van der Waals surface area contributed by atoms with Crippen molar-refractivity contribution in [2.75, 3.05) is 13.7 Å². The molecular weight excluding hydrogens is 260 g/mol. The standard InChI is InChI=1S/C16H25F2NO/c1-6-12(10-20-5)19-15(16(2,3)4)13-8-7-11(17)9-14(13)18/h7-9,12,15,19H,6,10H2,1-5H3/t12-,15-/m1/s1. The summed E-state index contributed by atoms with van der Waals surface area (Å²) < 4.78 is 32.3. The molecule has 0 aliphatic heterocycles. The summed E-state index contributed by atoms with van der Waals surface area (Å²) in [7, 11) is 1.65. The van der Waals surface area contributed by atoms with E-state index in [1.54, 1.807) is 7.11 Å². The van der Waals surface area contributed by atoms with Gasteiger partial charge in [0.2, 0.25) is 0 Å². The monoisotopic (exact) mass is 285 g/mol. The molecule has 20 heavy (non-hydrogen) atoms. The molecule has 1 aromatic carbocycles. The van der Waals surface area contributed by atoms with E-state index in [0.717, 1.165) is 12.5 Å². The molecule has 1 aromatic rings. The summed E-state index contributed by atoms with van der Waals surface area (Å²) in [6, 6.07) is 3.69. The first-order valence-corrected chi connectivity index (χ1v) is 6.99. The molecule has 1 N–H and O–H groups in total. The van der Waals surface area contributed by atoms with E-state index < -0.39 is 11.6 Å². The fourth-order valence-corrected chi connectivity index (χ4v) is 2.26. The Morgan fingerprint density at radius 2 is 1.90 bits per heavy atom. The Kier molecular flexibility index (Phi) is 6.08. The molecule has 0 amide bonds. The Hall–Kier alpha value is -1.00. The normalized spacial score (nSPS) is 15.2. The highest BCUT2D eigenvalue weighted by molar-refractivity contribution is 5.24. The van der Waals surface area contributed by atoms with Gasteiger partial charge in [0.25, 0.3) is 0 Å². The molecule has 0 aliphatic carbocycles. The molecule has 0 saturated heterocycles. The molecule has 0 radical (unpaired) electrons.